The van der Waals surface area contributed by atoms with Gasteiger partial charge in [0.05, 0.1) is 0 Å². The molecular weight excluding hydrogens is 260 g/mol. The third kappa shape index (κ3) is 4.05. The molecule has 1 unspecified atom stereocenters. The first kappa shape index (κ1) is 14.5. The van der Waals surface area contributed by atoms with Crippen molar-refractivity contribution >= 4 is 17.4 Å². The van der Waals surface area contributed by atoms with Crippen LogP contribution in [0.25, 0.3) is 0 Å². The molecule has 1 aromatic carbocycles. The summed E-state index contributed by atoms with van der Waals surface area (Å²) in [4.78, 5) is 12.4. The molecule has 19 heavy (non-hydrogen) atoms. The Morgan fingerprint density at radius 3 is 2.47 bits per heavy atom. The fourth-order valence-corrected chi connectivity index (χ4v) is 3.05. The molecule has 0 bridgehead atoms. The average molecular weight is 281 g/mol. The summed E-state index contributed by atoms with van der Waals surface area (Å²) in [6, 6.07) is 7.47. The first-order valence-electron chi connectivity index (χ1n) is 7.00. The van der Waals surface area contributed by atoms with Gasteiger partial charge in [0.1, 0.15) is 6.10 Å². The Kier molecular flexibility index (Phi) is 5.41. The van der Waals surface area contributed by atoms with Crippen LogP contribution in [0, 0.1) is 5.92 Å². The molecule has 1 fully saturated rings. The Labute approximate surface area is 120 Å². The molecule has 1 saturated carbocycles. The molecule has 1 atom stereocenters. The Hall–Kier alpha value is -0.860. The molecule has 0 spiro atoms. The number of hydrogen-bond donors (Lipinski definition) is 0. The predicted octanol–water partition coefficient (Wildman–Crippen LogP) is 4.05. The normalized spacial score (nSPS) is 18.2. The summed E-state index contributed by atoms with van der Waals surface area (Å²) in [5.41, 5.74) is 1.01. The van der Waals surface area contributed by atoms with Gasteiger partial charge in [-0.25, -0.2) is 0 Å². The van der Waals surface area contributed by atoms with Gasteiger partial charge in [0, 0.05) is 18.6 Å². The van der Waals surface area contributed by atoms with E-state index in [-0.39, 0.29) is 11.9 Å². The van der Waals surface area contributed by atoms with Crippen molar-refractivity contribution in [3.05, 3.63) is 34.9 Å². The van der Waals surface area contributed by atoms with Gasteiger partial charge in [0.25, 0.3) is 0 Å². The molecule has 104 valence electrons. The zero-order chi connectivity index (χ0) is 13.7. The lowest BCUT2D eigenvalue weighted by molar-refractivity contribution is -0.132. The first-order chi connectivity index (χ1) is 9.20. The minimum atomic E-state index is -0.240. The van der Waals surface area contributed by atoms with Gasteiger partial charge in [-0.05, 0) is 36.5 Å². The molecule has 2 nitrogen and oxygen atoms in total. The molecule has 0 radical (unpaired) electrons. The van der Waals surface area contributed by atoms with E-state index in [0.29, 0.717) is 17.4 Å². The van der Waals surface area contributed by atoms with Crippen LogP contribution in [0.1, 0.15) is 37.7 Å². The highest BCUT2D eigenvalue weighted by Crippen LogP contribution is 2.28. The van der Waals surface area contributed by atoms with Gasteiger partial charge >= 0.3 is 0 Å². The van der Waals surface area contributed by atoms with Crippen LogP contribution in [-0.2, 0) is 16.0 Å². The molecule has 0 heterocycles. The number of Topliss-reactive ketones (excluding diaryl/α,β-unsaturated/α-hetero) is 1. The van der Waals surface area contributed by atoms with Crippen molar-refractivity contribution in [2.75, 3.05) is 7.11 Å². The van der Waals surface area contributed by atoms with Crippen LogP contribution in [0.2, 0.25) is 5.02 Å². The third-order valence-corrected chi connectivity index (χ3v) is 4.19. The molecule has 0 aromatic heterocycles. The Balaban J connectivity index is 1.97. The van der Waals surface area contributed by atoms with Crippen molar-refractivity contribution in [3.63, 3.8) is 0 Å². The molecule has 3 heteroatoms. The summed E-state index contributed by atoms with van der Waals surface area (Å²) in [7, 11) is 1.65. The summed E-state index contributed by atoms with van der Waals surface area (Å²) in [5, 5.41) is 0.701. The van der Waals surface area contributed by atoms with Gasteiger partial charge in [-0.2, -0.15) is 0 Å². The monoisotopic (exact) mass is 280 g/mol. The summed E-state index contributed by atoms with van der Waals surface area (Å²) in [5.74, 6) is 0.593. The molecule has 1 aliphatic rings. The van der Waals surface area contributed by atoms with Crippen molar-refractivity contribution < 1.29 is 9.53 Å². The second-order valence-electron chi connectivity index (χ2n) is 5.32. The first-order valence-corrected chi connectivity index (χ1v) is 7.38. The van der Waals surface area contributed by atoms with Gasteiger partial charge in [-0.1, -0.05) is 43.0 Å². The highest BCUT2D eigenvalue weighted by molar-refractivity contribution is 6.30. The summed E-state index contributed by atoms with van der Waals surface area (Å²) in [6.45, 7) is 0. The lowest BCUT2D eigenvalue weighted by atomic mass is 9.82. The van der Waals surface area contributed by atoms with Gasteiger partial charge in [-0.3, -0.25) is 4.79 Å². The molecule has 1 aliphatic carbocycles. The third-order valence-electron chi connectivity index (χ3n) is 3.94. The van der Waals surface area contributed by atoms with Crippen molar-refractivity contribution in [2.24, 2.45) is 5.92 Å². The number of carbonyl (C=O) groups is 1. The molecule has 0 saturated heterocycles. The number of ketones is 1. The molecule has 0 amide bonds. The number of rotatable bonds is 5. The number of ether oxygens (including phenoxy) is 1. The number of benzene rings is 1. The molecule has 2 rings (SSSR count). The number of carbonyl (C=O) groups excluding carboxylic acids is 1. The van der Waals surface area contributed by atoms with Gasteiger partial charge < -0.3 is 4.74 Å². The number of hydrogen-bond acceptors (Lipinski definition) is 2. The van der Waals surface area contributed by atoms with E-state index >= 15 is 0 Å². The summed E-state index contributed by atoms with van der Waals surface area (Å²) < 4.78 is 5.47. The predicted molar refractivity (Wildman–Crippen MR) is 77.5 cm³/mol. The molecular formula is C16H21ClO2. The van der Waals surface area contributed by atoms with Crippen LogP contribution < -0.4 is 0 Å². The van der Waals surface area contributed by atoms with Crippen molar-refractivity contribution in [3.8, 4) is 0 Å². The van der Waals surface area contributed by atoms with Crippen molar-refractivity contribution in [1.82, 2.24) is 0 Å². The fraction of sp³-hybridized carbons (Fsp3) is 0.562. The standard InChI is InChI=1S/C16H21ClO2/c1-19-16(13-5-3-2-4-6-13)15(18)11-12-7-9-14(17)10-8-12/h7-10,13,16H,2-6,11H2,1H3. The van der Waals surface area contributed by atoms with Crippen LogP contribution in [-0.4, -0.2) is 19.0 Å². The van der Waals surface area contributed by atoms with Gasteiger partial charge in [-0.15, -0.1) is 0 Å². The molecule has 0 aliphatic heterocycles. The summed E-state index contributed by atoms with van der Waals surface area (Å²) >= 11 is 5.85. The van der Waals surface area contributed by atoms with Crippen molar-refractivity contribution in [1.29, 1.82) is 0 Å². The molecule has 1 aromatic rings. The van der Waals surface area contributed by atoms with E-state index in [2.05, 4.69) is 0 Å². The van der Waals surface area contributed by atoms with E-state index in [4.69, 9.17) is 16.3 Å². The van der Waals surface area contributed by atoms with E-state index in [0.717, 1.165) is 18.4 Å². The zero-order valence-electron chi connectivity index (χ0n) is 11.4. The maximum absolute atomic E-state index is 12.4. The van der Waals surface area contributed by atoms with E-state index < -0.39 is 0 Å². The zero-order valence-corrected chi connectivity index (χ0v) is 12.2. The quantitative estimate of drug-likeness (QED) is 0.813. The lowest BCUT2D eigenvalue weighted by Gasteiger charge is -2.28. The Morgan fingerprint density at radius 1 is 1.26 bits per heavy atom. The van der Waals surface area contributed by atoms with E-state index in [1.807, 2.05) is 24.3 Å². The van der Waals surface area contributed by atoms with E-state index in [1.54, 1.807) is 7.11 Å². The number of methoxy groups -OCH3 is 1. The van der Waals surface area contributed by atoms with Gasteiger partial charge in [0.2, 0.25) is 0 Å². The largest absolute Gasteiger partial charge is 0.373 e. The average Bonchev–Trinajstić information content (AvgIpc) is 2.43. The minimum absolute atomic E-state index is 0.191. The molecule has 0 N–H and O–H groups in total. The number of halogens is 1. The lowest BCUT2D eigenvalue weighted by Crippen LogP contribution is -2.34. The van der Waals surface area contributed by atoms with Crippen LogP contribution >= 0.6 is 11.6 Å². The van der Waals surface area contributed by atoms with Crippen LogP contribution in [0.5, 0.6) is 0 Å². The Morgan fingerprint density at radius 2 is 1.89 bits per heavy atom. The highest BCUT2D eigenvalue weighted by Gasteiger charge is 2.29. The van der Waals surface area contributed by atoms with E-state index in [9.17, 15) is 4.79 Å². The second-order valence-corrected chi connectivity index (χ2v) is 5.76. The van der Waals surface area contributed by atoms with Gasteiger partial charge in [0.15, 0.2) is 5.78 Å². The fourth-order valence-electron chi connectivity index (χ4n) is 2.93. The van der Waals surface area contributed by atoms with Crippen LogP contribution in [0.15, 0.2) is 24.3 Å². The SMILES string of the molecule is COC(C(=O)Cc1ccc(Cl)cc1)C1CCCCC1. The topological polar surface area (TPSA) is 26.3 Å². The van der Waals surface area contributed by atoms with Crippen molar-refractivity contribution in [2.45, 2.75) is 44.6 Å². The second kappa shape index (κ2) is 7.06. The Bertz CT molecular complexity index is 407. The maximum Gasteiger partial charge on any atom is 0.166 e. The van der Waals surface area contributed by atoms with Crippen LogP contribution in [0.3, 0.4) is 0 Å². The minimum Gasteiger partial charge on any atom is -0.373 e. The summed E-state index contributed by atoms with van der Waals surface area (Å²) in [6.07, 6.45) is 6.16. The maximum atomic E-state index is 12.4. The highest BCUT2D eigenvalue weighted by atomic mass is 35.5. The van der Waals surface area contributed by atoms with Crippen LogP contribution in [0.4, 0.5) is 0 Å². The smallest absolute Gasteiger partial charge is 0.166 e. The van der Waals surface area contributed by atoms with E-state index in [1.165, 1.54) is 19.3 Å².